The molecule has 2 atom stereocenters. The Balaban J connectivity index is 1.59. The number of amides is 1. The van der Waals surface area contributed by atoms with Gasteiger partial charge in [0.2, 0.25) is 0 Å². The maximum absolute atomic E-state index is 13.4. The average Bonchev–Trinajstić information content (AvgIpc) is 3.42. The van der Waals surface area contributed by atoms with Gasteiger partial charge in [-0.2, -0.15) is 0 Å². The minimum absolute atomic E-state index is 0.00667. The number of aliphatic hydroxyl groups is 1. The smallest absolute Gasteiger partial charge is 0.338 e. The molecule has 0 radical (unpaired) electrons. The fourth-order valence-corrected chi connectivity index (χ4v) is 4.83. The highest BCUT2D eigenvalue weighted by Gasteiger charge is 2.47. The van der Waals surface area contributed by atoms with Gasteiger partial charge in [0.1, 0.15) is 23.4 Å². The summed E-state index contributed by atoms with van der Waals surface area (Å²) in [5, 5.41) is 21.2. The van der Waals surface area contributed by atoms with Gasteiger partial charge in [0.15, 0.2) is 0 Å². The number of Topliss-reactive ketones (excluding diaryl/α,β-unsaturated/α-hetero) is 1. The summed E-state index contributed by atoms with van der Waals surface area (Å²) in [5.74, 6) is -1.69. The van der Waals surface area contributed by atoms with E-state index in [4.69, 9.17) is 9.47 Å². The van der Waals surface area contributed by atoms with Crippen molar-refractivity contribution in [3.05, 3.63) is 94.6 Å². The van der Waals surface area contributed by atoms with Crippen LogP contribution in [-0.2, 0) is 20.7 Å². The van der Waals surface area contributed by atoms with Crippen molar-refractivity contribution in [1.82, 2.24) is 0 Å². The number of hydrogen-bond donors (Lipinski definition) is 2. The van der Waals surface area contributed by atoms with Crippen LogP contribution in [-0.4, -0.2) is 40.6 Å². The largest absolute Gasteiger partial charge is 0.508 e. The maximum Gasteiger partial charge on any atom is 0.338 e. The van der Waals surface area contributed by atoms with Gasteiger partial charge in [-0.15, -0.1) is 0 Å². The van der Waals surface area contributed by atoms with Crippen LogP contribution in [0.1, 0.15) is 53.4 Å². The molecule has 2 aliphatic rings. The number of phenolic OH excluding ortho intramolecular Hbond substituents is 1. The summed E-state index contributed by atoms with van der Waals surface area (Å²) in [6.07, 6.45) is 1.36. The summed E-state index contributed by atoms with van der Waals surface area (Å²) in [6, 6.07) is 16.5. The molecule has 8 nitrogen and oxygen atoms in total. The van der Waals surface area contributed by atoms with Crippen molar-refractivity contribution in [2.75, 3.05) is 11.5 Å². The van der Waals surface area contributed by atoms with E-state index in [2.05, 4.69) is 0 Å². The van der Waals surface area contributed by atoms with Gasteiger partial charge in [0.05, 0.1) is 23.8 Å². The first-order valence-corrected chi connectivity index (χ1v) is 12.5. The van der Waals surface area contributed by atoms with Gasteiger partial charge in [-0.3, -0.25) is 14.5 Å². The lowest BCUT2D eigenvalue weighted by Crippen LogP contribution is -2.29. The lowest BCUT2D eigenvalue weighted by atomic mass is 9.94. The van der Waals surface area contributed by atoms with Crippen molar-refractivity contribution in [3.8, 4) is 11.5 Å². The van der Waals surface area contributed by atoms with E-state index < -0.39 is 23.7 Å². The highest BCUT2D eigenvalue weighted by molar-refractivity contribution is 6.51. The molecule has 2 unspecified atom stereocenters. The molecule has 0 bridgehead atoms. The Hall–Kier alpha value is -4.59. The molecule has 2 N–H and O–H groups in total. The number of ketones is 1. The SMILES string of the molecule is CCCOC(=O)c1ccc(N2C(=O)C(=O)/C(=C(\O)c3ccc4c(c3)CC(C)O4)C2c2ccc(O)cc2)cc1. The van der Waals surface area contributed by atoms with E-state index in [0.717, 1.165) is 11.3 Å². The number of benzene rings is 3. The number of ether oxygens (including phenoxy) is 2. The number of phenols is 1. The lowest BCUT2D eigenvalue weighted by molar-refractivity contribution is -0.132. The van der Waals surface area contributed by atoms with Crippen LogP contribution in [0.15, 0.2) is 72.3 Å². The zero-order valence-corrected chi connectivity index (χ0v) is 21.0. The molecule has 0 spiro atoms. The zero-order chi connectivity index (χ0) is 27.0. The van der Waals surface area contributed by atoms with Gasteiger partial charge in [-0.1, -0.05) is 19.1 Å². The molecule has 3 aromatic rings. The quantitative estimate of drug-likeness (QED) is 0.208. The van der Waals surface area contributed by atoms with Gasteiger partial charge < -0.3 is 19.7 Å². The molecule has 2 heterocycles. The number of hydrogen-bond acceptors (Lipinski definition) is 7. The normalized spacial score (nSPS) is 19.8. The lowest BCUT2D eigenvalue weighted by Gasteiger charge is -2.25. The van der Waals surface area contributed by atoms with E-state index in [1.807, 2.05) is 13.8 Å². The minimum atomic E-state index is -0.961. The first-order chi connectivity index (χ1) is 18.3. The number of esters is 1. The topological polar surface area (TPSA) is 113 Å². The van der Waals surface area contributed by atoms with Gasteiger partial charge >= 0.3 is 5.97 Å². The molecule has 2 aliphatic heterocycles. The van der Waals surface area contributed by atoms with Gasteiger partial charge in [0, 0.05) is 17.7 Å². The highest BCUT2D eigenvalue weighted by atomic mass is 16.5. The van der Waals surface area contributed by atoms with Crippen molar-refractivity contribution in [2.45, 2.75) is 38.8 Å². The molecule has 1 fully saturated rings. The third kappa shape index (κ3) is 4.49. The van der Waals surface area contributed by atoms with Crippen LogP contribution in [0.3, 0.4) is 0 Å². The number of aromatic hydroxyl groups is 1. The van der Waals surface area contributed by atoms with Crippen molar-refractivity contribution in [3.63, 3.8) is 0 Å². The fraction of sp³-hybridized carbons (Fsp3) is 0.233. The third-order valence-electron chi connectivity index (χ3n) is 6.64. The molecule has 0 saturated carbocycles. The molecule has 8 heteroatoms. The summed E-state index contributed by atoms with van der Waals surface area (Å²) in [7, 11) is 0. The van der Waals surface area contributed by atoms with E-state index in [0.29, 0.717) is 41.8 Å². The molecule has 0 aliphatic carbocycles. The Morgan fingerprint density at radius 2 is 1.71 bits per heavy atom. The second kappa shape index (κ2) is 10.0. The Morgan fingerprint density at radius 3 is 2.39 bits per heavy atom. The highest BCUT2D eigenvalue weighted by Crippen LogP contribution is 2.43. The number of aliphatic hydroxyl groups excluding tert-OH is 1. The Kier molecular flexibility index (Phi) is 6.63. The molecule has 1 saturated heterocycles. The van der Waals surface area contributed by atoms with E-state index in [9.17, 15) is 24.6 Å². The number of nitrogens with zero attached hydrogens (tertiary/aromatic N) is 1. The van der Waals surface area contributed by atoms with Crippen LogP contribution in [0.25, 0.3) is 5.76 Å². The van der Waals surface area contributed by atoms with Crippen LogP contribution in [0.2, 0.25) is 0 Å². The predicted molar refractivity (Wildman–Crippen MR) is 140 cm³/mol. The average molecular weight is 514 g/mol. The Labute approximate surface area is 219 Å². The zero-order valence-electron chi connectivity index (χ0n) is 21.0. The van der Waals surface area contributed by atoms with Crippen molar-refractivity contribution < 1.29 is 34.1 Å². The first kappa shape index (κ1) is 25.1. The Bertz CT molecular complexity index is 1440. The monoisotopic (exact) mass is 513 g/mol. The maximum atomic E-state index is 13.4. The van der Waals surface area contributed by atoms with Crippen molar-refractivity contribution in [2.24, 2.45) is 0 Å². The van der Waals surface area contributed by atoms with E-state index >= 15 is 0 Å². The number of carbonyl (C=O) groups excluding carboxylic acids is 3. The van der Waals surface area contributed by atoms with E-state index in [1.165, 1.54) is 29.2 Å². The fourth-order valence-electron chi connectivity index (χ4n) is 4.83. The summed E-state index contributed by atoms with van der Waals surface area (Å²) >= 11 is 0. The molecule has 38 heavy (non-hydrogen) atoms. The number of fused-ring (bicyclic) bond motifs is 1. The molecular weight excluding hydrogens is 486 g/mol. The second-order valence-electron chi connectivity index (χ2n) is 9.40. The number of anilines is 1. The van der Waals surface area contributed by atoms with Crippen LogP contribution in [0.4, 0.5) is 5.69 Å². The third-order valence-corrected chi connectivity index (χ3v) is 6.64. The molecule has 5 rings (SSSR count). The van der Waals surface area contributed by atoms with Crippen LogP contribution >= 0.6 is 0 Å². The summed E-state index contributed by atoms with van der Waals surface area (Å²) < 4.78 is 10.9. The minimum Gasteiger partial charge on any atom is -0.508 e. The summed E-state index contributed by atoms with van der Waals surface area (Å²) in [5.41, 5.74) is 2.44. The summed E-state index contributed by atoms with van der Waals surface area (Å²) in [6.45, 7) is 4.14. The van der Waals surface area contributed by atoms with Crippen LogP contribution < -0.4 is 9.64 Å². The second-order valence-corrected chi connectivity index (χ2v) is 9.40. The van der Waals surface area contributed by atoms with Crippen molar-refractivity contribution in [1.29, 1.82) is 0 Å². The van der Waals surface area contributed by atoms with Gasteiger partial charge in [-0.25, -0.2) is 4.79 Å². The molecule has 194 valence electrons. The predicted octanol–water partition coefficient (Wildman–Crippen LogP) is 4.91. The van der Waals surface area contributed by atoms with Gasteiger partial charge in [0.25, 0.3) is 11.7 Å². The Morgan fingerprint density at radius 1 is 1.03 bits per heavy atom. The van der Waals surface area contributed by atoms with Crippen molar-refractivity contribution >= 4 is 29.1 Å². The van der Waals surface area contributed by atoms with E-state index in [1.54, 1.807) is 42.5 Å². The summed E-state index contributed by atoms with van der Waals surface area (Å²) in [4.78, 5) is 40.3. The number of rotatable bonds is 6. The van der Waals surface area contributed by atoms with E-state index in [-0.39, 0.29) is 23.2 Å². The molecule has 1 amide bonds. The molecule has 3 aromatic carbocycles. The van der Waals surface area contributed by atoms with Gasteiger partial charge in [-0.05, 0) is 79.1 Å². The number of carbonyl (C=O) groups is 3. The molecular formula is C30H27NO7. The van der Waals surface area contributed by atoms with Crippen LogP contribution in [0, 0.1) is 0 Å². The molecule has 0 aromatic heterocycles. The first-order valence-electron chi connectivity index (χ1n) is 12.5. The van der Waals surface area contributed by atoms with Crippen LogP contribution in [0.5, 0.6) is 11.5 Å². The standard InChI is InChI=1S/C30H27NO7/c1-3-14-37-30(36)19-4-9-22(10-5-19)31-26(18-6-11-23(32)12-7-18)25(28(34)29(31)35)27(33)20-8-13-24-21(16-20)15-17(2)38-24/h4-13,16-17,26,32-33H,3,14-15H2,1-2H3/b27-25-.